The van der Waals surface area contributed by atoms with E-state index in [1.807, 2.05) is 55.5 Å². The molecule has 3 rings (SSSR count). The molecule has 0 saturated carbocycles. The number of halogens is 1. The summed E-state index contributed by atoms with van der Waals surface area (Å²) in [6.45, 7) is 5.33. The molecule has 3 aromatic rings. The van der Waals surface area contributed by atoms with Gasteiger partial charge < -0.3 is 4.74 Å². The van der Waals surface area contributed by atoms with Crippen molar-refractivity contribution in [3.8, 4) is 5.75 Å². The number of benzene rings is 2. The zero-order valence-corrected chi connectivity index (χ0v) is 19.2. The summed E-state index contributed by atoms with van der Waals surface area (Å²) in [6, 6.07) is 17.0. The van der Waals surface area contributed by atoms with E-state index in [0.717, 1.165) is 21.3 Å². The van der Waals surface area contributed by atoms with Gasteiger partial charge in [-0.05, 0) is 62.2 Å². The van der Waals surface area contributed by atoms with E-state index >= 15 is 0 Å². The van der Waals surface area contributed by atoms with Crippen LogP contribution in [0, 0.1) is 6.92 Å². The molecule has 0 aliphatic heterocycles. The Morgan fingerprint density at radius 1 is 1.10 bits per heavy atom. The lowest BCUT2D eigenvalue weighted by Gasteiger charge is -2.26. The summed E-state index contributed by atoms with van der Waals surface area (Å²) >= 11 is 3.40. The Morgan fingerprint density at radius 2 is 1.80 bits per heavy atom. The molecule has 0 aliphatic carbocycles. The molecule has 156 valence electrons. The van der Waals surface area contributed by atoms with Gasteiger partial charge in [-0.1, -0.05) is 40.2 Å². The Hall–Kier alpha value is -2.73. The molecule has 30 heavy (non-hydrogen) atoms. The molecule has 0 radical (unpaired) electrons. The third-order valence-corrected chi connectivity index (χ3v) is 5.66. The number of ketones is 1. The first-order valence-corrected chi connectivity index (χ1v) is 10.5. The van der Waals surface area contributed by atoms with Crippen LogP contribution in [0.1, 0.15) is 36.2 Å². The van der Waals surface area contributed by atoms with E-state index in [1.54, 1.807) is 27.0 Å². The Bertz CT molecular complexity index is 1120. The highest BCUT2D eigenvalue weighted by molar-refractivity contribution is 9.10. The number of carbonyl (C=O) groups excluding carboxylic acids is 1. The predicted molar refractivity (Wildman–Crippen MR) is 121 cm³/mol. The summed E-state index contributed by atoms with van der Waals surface area (Å²) < 4.78 is 7.56. The minimum Gasteiger partial charge on any atom is -0.497 e. The molecule has 1 aromatic heterocycles. The van der Waals surface area contributed by atoms with E-state index in [4.69, 9.17) is 4.74 Å². The first-order chi connectivity index (χ1) is 14.2. The molecular formula is C24H25BrN2O3. The highest BCUT2D eigenvalue weighted by Crippen LogP contribution is 2.20. The lowest BCUT2D eigenvalue weighted by molar-refractivity contribution is -0.126. The molecule has 5 nitrogen and oxygen atoms in total. The van der Waals surface area contributed by atoms with Crippen molar-refractivity contribution in [2.75, 3.05) is 7.11 Å². The van der Waals surface area contributed by atoms with Crippen LogP contribution in [-0.4, -0.2) is 22.7 Å². The molecule has 0 unspecified atom stereocenters. The Kier molecular flexibility index (Phi) is 6.56. The summed E-state index contributed by atoms with van der Waals surface area (Å²) in [7, 11) is 1.61. The lowest BCUT2D eigenvalue weighted by atomic mass is 9.93. The number of aromatic nitrogens is 2. The van der Waals surface area contributed by atoms with Gasteiger partial charge in [0.15, 0.2) is 5.78 Å². The van der Waals surface area contributed by atoms with Crippen LogP contribution in [0.15, 0.2) is 63.9 Å². The zero-order valence-electron chi connectivity index (χ0n) is 17.6. The van der Waals surface area contributed by atoms with Crippen LogP contribution in [0.25, 0.3) is 0 Å². The van der Waals surface area contributed by atoms with Crippen molar-refractivity contribution in [2.45, 2.75) is 39.2 Å². The van der Waals surface area contributed by atoms with Gasteiger partial charge in [-0.25, -0.2) is 4.68 Å². The van der Waals surface area contributed by atoms with Gasteiger partial charge in [0.05, 0.1) is 12.8 Å². The number of ether oxygens (including phenoxy) is 1. The third kappa shape index (κ3) is 4.87. The van der Waals surface area contributed by atoms with Crippen molar-refractivity contribution >= 4 is 21.7 Å². The summed E-state index contributed by atoms with van der Waals surface area (Å²) in [6.07, 6.45) is 0.671. The molecule has 0 spiro atoms. The fraction of sp³-hybridized carbons (Fsp3) is 0.292. The maximum Gasteiger partial charge on any atom is 0.271 e. The summed E-state index contributed by atoms with van der Waals surface area (Å²) in [4.78, 5) is 26.3. The Balaban J connectivity index is 1.93. The largest absolute Gasteiger partial charge is 0.497 e. The van der Waals surface area contributed by atoms with Crippen LogP contribution in [-0.2, 0) is 23.2 Å². The van der Waals surface area contributed by atoms with Crippen molar-refractivity contribution in [2.24, 2.45) is 0 Å². The van der Waals surface area contributed by atoms with Crippen LogP contribution >= 0.6 is 15.9 Å². The molecule has 0 bridgehead atoms. The average Bonchev–Trinajstić information content (AvgIpc) is 2.72. The van der Waals surface area contributed by atoms with E-state index in [-0.39, 0.29) is 17.8 Å². The standard InChI is InChI=1S/C24H25BrN2O3/c1-16-12-19(13-18-6-5-7-21(14-18)30-4)23(29)27(26-16)24(2,3)22(28)15-17-8-10-20(25)11-9-17/h5-12,14H,13,15H2,1-4H3. The molecular weight excluding hydrogens is 444 g/mol. The third-order valence-electron chi connectivity index (χ3n) is 5.13. The smallest absolute Gasteiger partial charge is 0.271 e. The number of nitrogens with zero attached hydrogens (tertiary/aromatic N) is 2. The van der Waals surface area contributed by atoms with Gasteiger partial charge in [0.2, 0.25) is 0 Å². The first-order valence-electron chi connectivity index (χ1n) is 9.71. The highest BCUT2D eigenvalue weighted by atomic mass is 79.9. The maximum absolute atomic E-state index is 13.2. The maximum atomic E-state index is 13.2. The van der Waals surface area contributed by atoms with Gasteiger partial charge in [-0.3, -0.25) is 9.59 Å². The molecule has 0 saturated heterocycles. The van der Waals surface area contributed by atoms with E-state index in [1.165, 1.54) is 4.68 Å². The number of hydrogen-bond donors (Lipinski definition) is 0. The quantitative estimate of drug-likeness (QED) is 0.513. The number of Topliss-reactive ketones (excluding diaryl/α,β-unsaturated/α-hetero) is 1. The first kappa shape index (κ1) is 22.0. The van der Waals surface area contributed by atoms with E-state index < -0.39 is 5.54 Å². The molecule has 0 amide bonds. The minimum absolute atomic E-state index is 0.0719. The second-order valence-corrected chi connectivity index (χ2v) is 8.76. The van der Waals surface area contributed by atoms with Crippen molar-refractivity contribution in [1.82, 2.24) is 9.78 Å². The second kappa shape index (κ2) is 8.96. The van der Waals surface area contributed by atoms with Crippen molar-refractivity contribution in [1.29, 1.82) is 0 Å². The average molecular weight is 469 g/mol. The monoisotopic (exact) mass is 468 g/mol. The summed E-state index contributed by atoms with van der Waals surface area (Å²) in [5.41, 5.74) is 1.82. The van der Waals surface area contributed by atoms with Gasteiger partial charge in [0.25, 0.3) is 5.56 Å². The molecule has 0 atom stereocenters. The van der Waals surface area contributed by atoms with Crippen molar-refractivity contribution in [3.63, 3.8) is 0 Å². The second-order valence-electron chi connectivity index (χ2n) is 7.84. The van der Waals surface area contributed by atoms with E-state index in [0.29, 0.717) is 17.7 Å². The van der Waals surface area contributed by atoms with Crippen molar-refractivity contribution < 1.29 is 9.53 Å². The highest BCUT2D eigenvalue weighted by Gasteiger charge is 2.32. The van der Waals surface area contributed by atoms with Crippen LogP contribution in [0.5, 0.6) is 5.75 Å². The van der Waals surface area contributed by atoms with Crippen LogP contribution in [0.2, 0.25) is 0 Å². The molecule has 6 heteroatoms. The molecule has 0 N–H and O–H groups in total. The fourth-order valence-electron chi connectivity index (χ4n) is 3.31. The van der Waals surface area contributed by atoms with Crippen LogP contribution in [0.4, 0.5) is 0 Å². The molecule has 0 aliphatic rings. The Labute approximate surface area is 184 Å². The van der Waals surface area contributed by atoms with Crippen LogP contribution in [0.3, 0.4) is 0 Å². The van der Waals surface area contributed by atoms with E-state index in [2.05, 4.69) is 21.0 Å². The fourth-order valence-corrected chi connectivity index (χ4v) is 3.58. The Morgan fingerprint density at radius 3 is 2.47 bits per heavy atom. The number of hydrogen-bond acceptors (Lipinski definition) is 4. The molecule has 0 fully saturated rings. The topological polar surface area (TPSA) is 61.2 Å². The zero-order chi connectivity index (χ0) is 21.9. The van der Waals surface area contributed by atoms with Gasteiger partial charge in [-0.15, -0.1) is 0 Å². The van der Waals surface area contributed by atoms with Gasteiger partial charge in [0, 0.05) is 22.9 Å². The number of methoxy groups -OCH3 is 1. The van der Waals surface area contributed by atoms with E-state index in [9.17, 15) is 9.59 Å². The molecule has 2 aromatic carbocycles. The SMILES string of the molecule is COc1cccc(Cc2cc(C)nn(C(C)(C)C(=O)Cc3ccc(Br)cc3)c2=O)c1. The van der Waals surface area contributed by atoms with Gasteiger partial charge in [0.1, 0.15) is 11.3 Å². The number of rotatable bonds is 7. The van der Waals surface area contributed by atoms with Crippen LogP contribution < -0.4 is 10.3 Å². The number of aryl methyl sites for hydroxylation is 1. The summed E-state index contributed by atoms with van der Waals surface area (Å²) in [5.74, 6) is 0.668. The van der Waals surface area contributed by atoms with Gasteiger partial charge in [-0.2, -0.15) is 5.10 Å². The predicted octanol–water partition coefficient (Wildman–Crippen LogP) is 4.46. The van der Waals surface area contributed by atoms with Crippen molar-refractivity contribution in [3.05, 3.63) is 91.8 Å². The summed E-state index contributed by atoms with van der Waals surface area (Å²) in [5, 5.41) is 4.41. The van der Waals surface area contributed by atoms with Gasteiger partial charge >= 0.3 is 0 Å². The molecule has 1 heterocycles. The normalized spacial score (nSPS) is 11.4. The number of carbonyl (C=O) groups is 1. The minimum atomic E-state index is -1.07. The lowest BCUT2D eigenvalue weighted by Crippen LogP contribution is -2.46.